The molecule has 0 unspecified atom stereocenters. The zero-order valence-electron chi connectivity index (χ0n) is 12.6. The number of hydrogen-bond acceptors (Lipinski definition) is 3. The van der Waals surface area contributed by atoms with Gasteiger partial charge in [-0.25, -0.2) is 0 Å². The van der Waals surface area contributed by atoms with E-state index in [1.165, 1.54) is 11.8 Å². The van der Waals surface area contributed by atoms with Crippen molar-refractivity contribution in [3.8, 4) is 0 Å². The highest BCUT2D eigenvalue weighted by atomic mass is 35.5. The van der Waals surface area contributed by atoms with Crippen molar-refractivity contribution in [3.05, 3.63) is 44.4 Å². The number of hydrogen-bond donors (Lipinski definition) is 0. The summed E-state index contributed by atoms with van der Waals surface area (Å²) in [6, 6.07) is 7.53. The van der Waals surface area contributed by atoms with E-state index in [1.54, 1.807) is 23.5 Å². The normalized spacial score (nSPS) is 11.1. The molecule has 136 valence electrons. The van der Waals surface area contributed by atoms with E-state index >= 15 is 0 Å². The Bertz CT molecular complexity index is 630. The van der Waals surface area contributed by atoms with E-state index in [9.17, 15) is 0 Å². The summed E-state index contributed by atoms with van der Waals surface area (Å²) < 4.78 is 0. The first-order chi connectivity index (χ1) is 12.0. The Kier molecular flexibility index (Phi) is 10.2. The highest BCUT2D eigenvalue weighted by Gasteiger charge is 2.13. The lowest BCUT2D eigenvalue weighted by atomic mass is 10.3. The standard InChI is InChI=1S/C16H12Cl6S3/c17-1-3-23-15-11(19)5-9(6-12(15)20)25-10-7-13(21)16(14(22)8-10)24-4-2-18/h5-8H,1-4H2. The highest BCUT2D eigenvalue weighted by molar-refractivity contribution is 8.00. The largest absolute Gasteiger partial charge is 0.126 e. The van der Waals surface area contributed by atoms with Crippen LogP contribution in [0.5, 0.6) is 0 Å². The lowest BCUT2D eigenvalue weighted by Crippen LogP contribution is -1.86. The maximum atomic E-state index is 6.35. The molecule has 2 aromatic carbocycles. The van der Waals surface area contributed by atoms with Gasteiger partial charge in [0, 0.05) is 42.8 Å². The molecular weight excluding hydrogens is 501 g/mol. The minimum absolute atomic E-state index is 0.541. The first-order valence-electron chi connectivity index (χ1n) is 6.99. The Labute approximate surface area is 190 Å². The Morgan fingerprint density at radius 2 is 0.920 bits per heavy atom. The molecule has 0 aliphatic heterocycles. The molecule has 0 aromatic heterocycles. The number of alkyl halides is 2. The molecule has 0 bridgehead atoms. The average molecular weight is 513 g/mol. The molecule has 2 aromatic rings. The van der Waals surface area contributed by atoms with Gasteiger partial charge in [0.1, 0.15) is 0 Å². The summed E-state index contributed by atoms with van der Waals surface area (Å²) in [6.07, 6.45) is 0. The molecule has 0 saturated heterocycles. The van der Waals surface area contributed by atoms with Gasteiger partial charge in [0.25, 0.3) is 0 Å². The van der Waals surface area contributed by atoms with Crippen LogP contribution in [0.2, 0.25) is 20.1 Å². The minimum Gasteiger partial charge on any atom is -0.126 e. The van der Waals surface area contributed by atoms with E-state index in [2.05, 4.69) is 0 Å². The van der Waals surface area contributed by atoms with Gasteiger partial charge in [0.2, 0.25) is 0 Å². The molecule has 0 saturated carbocycles. The quantitative estimate of drug-likeness (QED) is 0.255. The summed E-state index contributed by atoms with van der Waals surface area (Å²) >= 11 is 41.4. The molecule has 0 atom stereocenters. The van der Waals surface area contributed by atoms with E-state index in [4.69, 9.17) is 69.6 Å². The minimum atomic E-state index is 0.541. The monoisotopic (exact) mass is 510 g/mol. The van der Waals surface area contributed by atoms with Crippen LogP contribution in [0.4, 0.5) is 0 Å². The number of halogens is 6. The molecule has 2 rings (SSSR count). The van der Waals surface area contributed by atoms with Gasteiger partial charge in [0.15, 0.2) is 0 Å². The fourth-order valence-electron chi connectivity index (χ4n) is 1.88. The van der Waals surface area contributed by atoms with Crippen molar-refractivity contribution < 1.29 is 0 Å². The molecule has 0 aliphatic rings. The summed E-state index contributed by atoms with van der Waals surface area (Å²) in [5.74, 6) is 2.58. The molecule has 0 amide bonds. The van der Waals surface area contributed by atoms with Crippen molar-refractivity contribution in [2.75, 3.05) is 23.3 Å². The predicted molar refractivity (Wildman–Crippen MR) is 120 cm³/mol. The van der Waals surface area contributed by atoms with Crippen molar-refractivity contribution >= 4 is 105 Å². The van der Waals surface area contributed by atoms with Gasteiger partial charge in [-0.1, -0.05) is 58.2 Å². The third kappa shape index (κ3) is 6.66. The Morgan fingerprint density at radius 3 is 1.20 bits per heavy atom. The first kappa shape index (κ1) is 22.5. The van der Waals surface area contributed by atoms with Crippen molar-refractivity contribution in [2.45, 2.75) is 19.6 Å². The molecular formula is C16H12Cl6S3. The second-order valence-electron chi connectivity index (χ2n) is 4.61. The Morgan fingerprint density at radius 1 is 0.600 bits per heavy atom. The van der Waals surface area contributed by atoms with Gasteiger partial charge >= 0.3 is 0 Å². The maximum absolute atomic E-state index is 6.35. The molecule has 0 heterocycles. The van der Waals surface area contributed by atoms with E-state index in [1.807, 2.05) is 24.3 Å². The molecule has 0 fully saturated rings. The zero-order valence-corrected chi connectivity index (χ0v) is 19.6. The van der Waals surface area contributed by atoms with Crippen LogP contribution >= 0.6 is 105 Å². The Balaban J connectivity index is 2.22. The van der Waals surface area contributed by atoms with Crippen molar-refractivity contribution in [3.63, 3.8) is 0 Å². The van der Waals surface area contributed by atoms with Crippen LogP contribution < -0.4 is 0 Å². The smallest absolute Gasteiger partial charge is 0.0568 e. The van der Waals surface area contributed by atoms with Crippen LogP contribution in [0.1, 0.15) is 0 Å². The molecule has 0 spiro atoms. The third-order valence-electron chi connectivity index (χ3n) is 2.83. The Hall–Kier alpha value is 1.23. The van der Waals surface area contributed by atoms with Crippen LogP contribution in [0.15, 0.2) is 43.8 Å². The van der Waals surface area contributed by atoms with E-state index < -0.39 is 0 Å². The molecule has 9 heteroatoms. The van der Waals surface area contributed by atoms with Crippen LogP contribution in [0.3, 0.4) is 0 Å². The summed E-state index contributed by atoms with van der Waals surface area (Å²) in [4.78, 5) is 3.52. The van der Waals surface area contributed by atoms with Gasteiger partial charge in [-0.3, -0.25) is 0 Å². The summed E-state index contributed by atoms with van der Waals surface area (Å²) in [5, 5.41) is 2.43. The van der Waals surface area contributed by atoms with Gasteiger partial charge in [-0.05, 0) is 24.3 Å². The summed E-state index contributed by atoms with van der Waals surface area (Å²) in [6.45, 7) is 0. The first-order valence-corrected chi connectivity index (χ1v) is 12.4. The predicted octanol–water partition coefficient (Wildman–Crippen LogP) is 9.11. The summed E-state index contributed by atoms with van der Waals surface area (Å²) in [7, 11) is 0. The van der Waals surface area contributed by atoms with Gasteiger partial charge in [-0.2, -0.15) is 0 Å². The van der Waals surface area contributed by atoms with Crippen LogP contribution in [0, 0.1) is 0 Å². The van der Waals surface area contributed by atoms with Crippen molar-refractivity contribution in [2.24, 2.45) is 0 Å². The fraction of sp³-hybridized carbons (Fsp3) is 0.250. The second kappa shape index (κ2) is 11.3. The highest BCUT2D eigenvalue weighted by Crippen LogP contribution is 2.42. The van der Waals surface area contributed by atoms with Gasteiger partial charge in [-0.15, -0.1) is 46.7 Å². The van der Waals surface area contributed by atoms with Gasteiger partial charge < -0.3 is 0 Å². The van der Waals surface area contributed by atoms with Crippen LogP contribution in [0.25, 0.3) is 0 Å². The van der Waals surface area contributed by atoms with E-state index in [0.29, 0.717) is 31.9 Å². The van der Waals surface area contributed by atoms with E-state index in [-0.39, 0.29) is 0 Å². The number of benzene rings is 2. The maximum Gasteiger partial charge on any atom is 0.0568 e. The number of thioether (sulfide) groups is 2. The molecule has 0 aliphatic carbocycles. The second-order valence-corrected chi connectivity index (χ2v) is 10.4. The average Bonchev–Trinajstić information content (AvgIpc) is 2.53. The third-order valence-corrected chi connectivity index (χ3v) is 8.51. The van der Waals surface area contributed by atoms with Crippen molar-refractivity contribution in [1.29, 1.82) is 0 Å². The SMILES string of the molecule is ClCCSc1c(Cl)cc(Sc2cc(Cl)c(SCCCl)c(Cl)c2)cc1Cl. The molecule has 0 radical (unpaired) electrons. The molecule has 0 N–H and O–H groups in total. The molecule has 25 heavy (non-hydrogen) atoms. The summed E-state index contributed by atoms with van der Waals surface area (Å²) in [5.41, 5.74) is 0. The fourth-order valence-corrected chi connectivity index (χ4v) is 6.56. The van der Waals surface area contributed by atoms with Crippen LogP contribution in [-0.4, -0.2) is 23.3 Å². The molecule has 0 nitrogen and oxygen atoms in total. The number of rotatable bonds is 8. The zero-order chi connectivity index (χ0) is 18.4. The van der Waals surface area contributed by atoms with Crippen molar-refractivity contribution in [1.82, 2.24) is 0 Å². The lowest BCUT2D eigenvalue weighted by Gasteiger charge is -2.11. The topological polar surface area (TPSA) is 0 Å². The van der Waals surface area contributed by atoms with Crippen LogP contribution in [-0.2, 0) is 0 Å². The lowest BCUT2D eigenvalue weighted by molar-refractivity contribution is 1.31. The van der Waals surface area contributed by atoms with Gasteiger partial charge in [0.05, 0.1) is 20.1 Å². The van der Waals surface area contributed by atoms with E-state index in [0.717, 1.165) is 31.1 Å².